The minimum atomic E-state index is -4.77. The van der Waals surface area contributed by atoms with Crippen LogP contribution in [0.4, 0.5) is 13.2 Å². The van der Waals surface area contributed by atoms with E-state index in [4.69, 9.17) is 9.84 Å². The van der Waals surface area contributed by atoms with Gasteiger partial charge in [0.15, 0.2) is 11.4 Å². The third-order valence-electron chi connectivity index (χ3n) is 5.75. The highest BCUT2D eigenvalue weighted by Crippen LogP contribution is 2.35. The van der Waals surface area contributed by atoms with E-state index in [1.165, 1.54) is 6.07 Å². The summed E-state index contributed by atoms with van der Waals surface area (Å²) in [4.78, 5) is 21.2. The number of fused-ring (bicyclic) bond motifs is 2. The number of Topliss-reactive ketones (excluding diaryl/α,β-unsaturated/α-hetero) is 1. The van der Waals surface area contributed by atoms with E-state index >= 15 is 0 Å². The van der Waals surface area contributed by atoms with Gasteiger partial charge in [0, 0.05) is 22.7 Å². The third-order valence-corrected chi connectivity index (χ3v) is 5.75. The number of nitrogens with zero attached hydrogens (tertiary/aromatic N) is 5. The largest absolute Gasteiger partial charge is 0.417 e. The van der Waals surface area contributed by atoms with E-state index in [2.05, 4.69) is 20.3 Å². The summed E-state index contributed by atoms with van der Waals surface area (Å²) in [5.74, 6) is -0.830. The van der Waals surface area contributed by atoms with Crippen LogP contribution < -0.4 is 0 Å². The summed E-state index contributed by atoms with van der Waals surface area (Å²) in [6, 6.07) is 16.2. The van der Waals surface area contributed by atoms with E-state index < -0.39 is 29.7 Å². The highest BCUT2D eigenvalue weighted by molar-refractivity contribution is 5.99. The monoisotopic (exact) mass is 507 g/mol. The summed E-state index contributed by atoms with van der Waals surface area (Å²) in [6.07, 6.45) is -3.05. The Morgan fingerprint density at radius 3 is 2.68 bits per heavy atom. The predicted molar refractivity (Wildman–Crippen MR) is 129 cm³/mol. The average molecular weight is 507 g/mol. The zero-order valence-electron chi connectivity index (χ0n) is 19.3. The van der Waals surface area contributed by atoms with Gasteiger partial charge < -0.3 is 9.84 Å². The molecule has 8 nitrogen and oxygen atoms in total. The Hall–Kier alpha value is -4.22. The number of alkyl halides is 3. The molecule has 37 heavy (non-hydrogen) atoms. The second kappa shape index (κ2) is 10.0. The number of pyridine rings is 2. The molecule has 3 heterocycles. The molecule has 0 aliphatic carbocycles. The Balaban J connectivity index is 1.48. The Morgan fingerprint density at radius 1 is 1.03 bits per heavy atom. The van der Waals surface area contributed by atoms with Crippen molar-refractivity contribution in [2.24, 2.45) is 0 Å². The Bertz CT molecular complexity index is 1600. The first-order valence-electron chi connectivity index (χ1n) is 11.3. The number of halogens is 3. The minimum Gasteiger partial charge on any atom is -0.394 e. The van der Waals surface area contributed by atoms with Gasteiger partial charge in [0.1, 0.15) is 12.1 Å². The van der Waals surface area contributed by atoms with Gasteiger partial charge in [0.25, 0.3) is 0 Å². The molecule has 0 saturated carbocycles. The maximum atomic E-state index is 13.8. The maximum Gasteiger partial charge on any atom is 0.417 e. The van der Waals surface area contributed by atoms with Gasteiger partial charge in [-0.2, -0.15) is 13.2 Å². The number of ketones is 1. The van der Waals surface area contributed by atoms with Crippen LogP contribution in [-0.2, 0) is 17.5 Å². The van der Waals surface area contributed by atoms with Crippen molar-refractivity contribution in [3.05, 3.63) is 83.6 Å². The number of ether oxygens (including phenoxy) is 1. The van der Waals surface area contributed by atoms with E-state index in [0.717, 1.165) is 28.6 Å². The van der Waals surface area contributed by atoms with Gasteiger partial charge in [0.05, 0.1) is 36.5 Å². The van der Waals surface area contributed by atoms with E-state index in [1.807, 2.05) is 30.3 Å². The van der Waals surface area contributed by atoms with Crippen molar-refractivity contribution < 1.29 is 27.8 Å². The van der Waals surface area contributed by atoms with Gasteiger partial charge in [0.2, 0.25) is 0 Å². The molecule has 0 amide bonds. The van der Waals surface area contributed by atoms with Crippen molar-refractivity contribution >= 4 is 27.9 Å². The minimum absolute atomic E-state index is 0.146. The molecule has 0 aliphatic rings. The molecule has 0 bridgehead atoms. The van der Waals surface area contributed by atoms with Crippen LogP contribution in [0.1, 0.15) is 21.5 Å². The molecule has 0 radical (unpaired) electrons. The Kier molecular flexibility index (Phi) is 6.64. The van der Waals surface area contributed by atoms with Crippen LogP contribution in [0.25, 0.3) is 33.3 Å². The maximum absolute atomic E-state index is 13.8. The van der Waals surface area contributed by atoms with Crippen molar-refractivity contribution in [3.8, 4) is 11.3 Å². The van der Waals surface area contributed by atoms with Crippen LogP contribution in [0.2, 0.25) is 0 Å². The summed E-state index contributed by atoms with van der Waals surface area (Å²) < 4.78 is 48.0. The first-order chi connectivity index (χ1) is 17.8. The van der Waals surface area contributed by atoms with Crippen molar-refractivity contribution in [1.82, 2.24) is 25.0 Å². The molecule has 0 fully saturated rings. The molecule has 1 N–H and O–H groups in total. The van der Waals surface area contributed by atoms with Crippen molar-refractivity contribution in [2.75, 3.05) is 19.8 Å². The van der Waals surface area contributed by atoms with E-state index in [-0.39, 0.29) is 24.5 Å². The molecule has 0 saturated heterocycles. The number of carbonyl (C=O) groups is 1. The molecular formula is C26H20F3N5O3. The molecule has 3 aromatic heterocycles. The number of rotatable bonds is 8. The van der Waals surface area contributed by atoms with Gasteiger partial charge in [-0.05, 0) is 42.0 Å². The molecule has 2 aromatic carbocycles. The predicted octanol–water partition coefficient (Wildman–Crippen LogP) is 4.30. The van der Waals surface area contributed by atoms with Crippen molar-refractivity contribution in [2.45, 2.75) is 12.7 Å². The zero-order valence-corrected chi connectivity index (χ0v) is 19.3. The molecule has 0 aliphatic heterocycles. The van der Waals surface area contributed by atoms with E-state index in [0.29, 0.717) is 17.7 Å². The second-order valence-electron chi connectivity index (χ2n) is 8.27. The summed E-state index contributed by atoms with van der Waals surface area (Å²) in [5.41, 5.74) is 1.58. The first-order valence-corrected chi connectivity index (χ1v) is 11.3. The number of hydrogen-bond acceptors (Lipinski definition) is 7. The van der Waals surface area contributed by atoms with Gasteiger partial charge in [-0.15, -0.1) is 5.10 Å². The van der Waals surface area contributed by atoms with Crippen molar-refractivity contribution in [1.29, 1.82) is 0 Å². The molecule has 188 valence electrons. The summed E-state index contributed by atoms with van der Waals surface area (Å²) >= 11 is 0. The fraction of sp³-hybridized carbons (Fsp3) is 0.192. The normalized spacial score (nSPS) is 11.9. The lowest BCUT2D eigenvalue weighted by Gasteiger charge is -2.14. The smallest absolute Gasteiger partial charge is 0.394 e. The summed E-state index contributed by atoms with van der Waals surface area (Å²) in [5, 5.41) is 18.0. The van der Waals surface area contributed by atoms with Crippen LogP contribution in [0.3, 0.4) is 0 Å². The summed E-state index contributed by atoms with van der Waals surface area (Å²) in [6.45, 7) is -0.696. The number of benzene rings is 2. The standard InChI is InChI=1S/C26H20F3N5O3/c27-26(28,29)20-13-18(4-5-19(20)24(36)15-37-11-10-35)22-7-8-23-25(31-22)34(33-32-23)14-16-3-6-21-17(12-16)2-1-9-30-21/h1-9,12-13,35H,10-11,14-15H2. The number of hydrogen-bond donors (Lipinski definition) is 1. The van der Waals surface area contributed by atoms with Crippen LogP contribution >= 0.6 is 0 Å². The average Bonchev–Trinajstić information content (AvgIpc) is 3.29. The molecule has 0 spiro atoms. The summed E-state index contributed by atoms with van der Waals surface area (Å²) in [7, 11) is 0. The lowest BCUT2D eigenvalue weighted by atomic mass is 9.98. The van der Waals surface area contributed by atoms with Gasteiger partial charge in [-0.3, -0.25) is 9.78 Å². The van der Waals surface area contributed by atoms with Gasteiger partial charge in [-0.1, -0.05) is 29.5 Å². The van der Waals surface area contributed by atoms with E-state index in [1.54, 1.807) is 23.0 Å². The van der Waals surface area contributed by atoms with Gasteiger partial charge >= 0.3 is 6.18 Å². The van der Waals surface area contributed by atoms with Crippen molar-refractivity contribution in [3.63, 3.8) is 0 Å². The number of aliphatic hydroxyl groups excluding tert-OH is 1. The van der Waals surface area contributed by atoms with Crippen LogP contribution in [0.15, 0.2) is 66.9 Å². The zero-order chi connectivity index (χ0) is 26.0. The Labute approximate surface area is 208 Å². The van der Waals surface area contributed by atoms with Gasteiger partial charge in [-0.25, -0.2) is 9.67 Å². The molecule has 0 unspecified atom stereocenters. The molecule has 5 rings (SSSR count). The number of aliphatic hydroxyl groups is 1. The SMILES string of the molecule is O=C(COCCO)c1ccc(-c2ccc3nnn(Cc4ccc5ncccc5c4)c3n2)cc1C(F)(F)F. The number of carbonyl (C=O) groups excluding carboxylic acids is 1. The first kappa shape index (κ1) is 24.5. The fourth-order valence-corrected chi connectivity index (χ4v) is 4.01. The lowest BCUT2D eigenvalue weighted by Crippen LogP contribution is -2.17. The van der Waals surface area contributed by atoms with E-state index in [9.17, 15) is 18.0 Å². The fourth-order valence-electron chi connectivity index (χ4n) is 4.01. The molecule has 5 aromatic rings. The molecular weight excluding hydrogens is 487 g/mol. The topological polar surface area (TPSA) is 103 Å². The molecule has 0 atom stereocenters. The third kappa shape index (κ3) is 5.18. The number of aromatic nitrogens is 5. The quantitative estimate of drug-likeness (QED) is 0.247. The van der Waals surface area contributed by atoms with Crippen LogP contribution in [-0.4, -0.2) is 55.7 Å². The lowest BCUT2D eigenvalue weighted by molar-refractivity contribution is -0.137. The molecule has 11 heteroatoms. The Morgan fingerprint density at radius 2 is 1.86 bits per heavy atom. The van der Waals surface area contributed by atoms with Crippen LogP contribution in [0, 0.1) is 0 Å². The highest BCUT2D eigenvalue weighted by Gasteiger charge is 2.35. The second-order valence-corrected chi connectivity index (χ2v) is 8.27. The van der Waals surface area contributed by atoms with Crippen LogP contribution in [0.5, 0.6) is 0 Å². The highest BCUT2D eigenvalue weighted by atomic mass is 19.4.